The average molecular weight is 332 g/mol. The molecule has 24 heavy (non-hydrogen) atoms. The number of piperidine rings is 1. The number of hydrogen-bond donors (Lipinski definition) is 1. The molecule has 128 valence electrons. The predicted molar refractivity (Wildman–Crippen MR) is 85.7 cm³/mol. The second-order valence-electron chi connectivity index (χ2n) is 5.78. The van der Waals surface area contributed by atoms with Gasteiger partial charge in [0.25, 0.3) is 5.89 Å². The largest absolute Gasteiger partial charge is 0.481 e. The lowest BCUT2D eigenvalue weighted by Gasteiger charge is -2.31. The van der Waals surface area contributed by atoms with Crippen molar-refractivity contribution in [1.82, 2.24) is 15.1 Å². The Morgan fingerprint density at radius 1 is 1.54 bits per heavy atom. The number of carboxylic acid groups (broad SMARTS) is 1. The molecule has 0 aromatic carbocycles. The number of aliphatic carboxylic acids is 1. The van der Waals surface area contributed by atoms with Gasteiger partial charge in [0.2, 0.25) is 0 Å². The molecule has 1 saturated heterocycles. The summed E-state index contributed by atoms with van der Waals surface area (Å²) in [5, 5.41) is 13.1. The summed E-state index contributed by atoms with van der Waals surface area (Å²) in [6.07, 6.45) is 3.81. The van der Waals surface area contributed by atoms with Gasteiger partial charge in [-0.15, -0.1) is 0 Å². The standard InChI is InChI=1S/C16H20N4O4/c1-23-8-5-13-18-15(24-19-13)11-4-6-17-14(9-11)20-7-2-3-12(10-20)16(21)22/h4,6,9,12H,2-3,5,7-8,10H2,1H3,(H,21,22). The van der Waals surface area contributed by atoms with E-state index in [1.54, 1.807) is 19.4 Å². The highest BCUT2D eigenvalue weighted by Gasteiger charge is 2.26. The summed E-state index contributed by atoms with van der Waals surface area (Å²) in [5.74, 6) is 0.643. The molecule has 2 aromatic heterocycles. The summed E-state index contributed by atoms with van der Waals surface area (Å²) >= 11 is 0. The van der Waals surface area contributed by atoms with E-state index in [2.05, 4.69) is 15.1 Å². The van der Waals surface area contributed by atoms with Crippen LogP contribution in [0.25, 0.3) is 11.5 Å². The molecule has 0 saturated carbocycles. The molecule has 3 heterocycles. The number of aromatic nitrogens is 3. The Kier molecular flexibility index (Phi) is 5.05. The van der Waals surface area contributed by atoms with Gasteiger partial charge in [-0.05, 0) is 25.0 Å². The Morgan fingerprint density at radius 2 is 2.42 bits per heavy atom. The third kappa shape index (κ3) is 3.70. The van der Waals surface area contributed by atoms with Gasteiger partial charge in [0, 0.05) is 38.4 Å². The molecule has 3 rings (SSSR count). The molecule has 0 amide bonds. The van der Waals surface area contributed by atoms with E-state index in [0.29, 0.717) is 37.7 Å². The van der Waals surface area contributed by atoms with Gasteiger partial charge in [0.15, 0.2) is 5.82 Å². The normalized spacial score (nSPS) is 17.9. The van der Waals surface area contributed by atoms with E-state index in [0.717, 1.165) is 24.3 Å². The minimum Gasteiger partial charge on any atom is -0.481 e. The fraction of sp³-hybridized carbons (Fsp3) is 0.500. The molecule has 8 nitrogen and oxygen atoms in total. The van der Waals surface area contributed by atoms with Crippen LogP contribution in [0.3, 0.4) is 0 Å². The molecular formula is C16H20N4O4. The number of hydrogen-bond acceptors (Lipinski definition) is 7. The molecule has 0 spiro atoms. The summed E-state index contributed by atoms with van der Waals surface area (Å²) in [6.45, 7) is 1.79. The lowest BCUT2D eigenvalue weighted by atomic mass is 9.98. The topological polar surface area (TPSA) is 102 Å². The second kappa shape index (κ2) is 7.39. The van der Waals surface area contributed by atoms with Crippen LogP contribution in [0.15, 0.2) is 22.9 Å². The Bertz CT molecular complexity index is 703. The first kappa shape index (κ1) is 16.4. The van der Waals surface area contributed by atoms with Crippen LogP contribution >= 0.6 is 0 Å². The third-order valence-electron chi connectivity index (χ3n) is 4.08. The molecule has 1 fully saturated rings. The lowest BCUT2D eigenvalue weighted by Crippen LogP contribution is -2.39. The Hall–Kier alpha value is -2.48. The van der Waals surface area contributed by atoms with Gasteiger partial charge >= 0.3 is 5.97 Å². The van der Waals surface area contributed by atoms with Crippen LogP contribution in [0.4, 0.5) is 5.82 Å². The van der Waals surface area contributed by atoms with E-state index < -0.39 is 5.97 Å². The highest BCUT2D eigenvalue weighted by Crippen LogP contribution is 2.25. The van der Waals surface area contributed by atoms with Crippen molar-refractivity contribution in [2.45, 2.75) is 19.3 Å². The maximum absolute atomic E-state index is 11.2. The van der Waals surface area contributed by atoms with E-state index in [1.165, 1.54) is 0 Å². The number of carbonyl (C=O) groups is 1. The molecule has 2 aromatic rings. The number of nitrogens with zero attached hydrogens (tertiary/aromatic N) is 4. The molecular weight excluding hydrogens is 312 g/mol. The van der Waals surface area contributed by atoms with Crippen LogP contribution in [-0.4, -0.2) is 53.0 Å². The van der Waals surface area contributed by atoms with E-state index in [4.69, 9.17) is 9.26 Å². The predicted octanol–water partition coefficient (Wildman–Crippen LogP) is 1.62. The smallest absolute Gasteiger partial charge is 0.308 e. The molecule has 1 atom stereocenters. The zero-order valence-electron chi connectivity index (χ0n) is 13.5. The zero-order valence-corrected chi connectivity index (χ0v) is 13.5. The summed E-state index contributed by atoms with van der Waals surface area (Å²) in [5.41, 5.74) is 0.772. The SMILES string of the molecule is COCCc1noc(-c2ccnc(N3CCCC(C(=O)O)C3)c2)n1. The Labute approximate surface area is 139 Å². The van der Waals surface area contributed by atoms with Crippen molar-refractivity contribution >= 4 is 11.8 Å². The van der Waals surface area contributed by atoms with Crippen LogP contribution in [0.1, 0.15) is 18.7 Å². The third-order valence-corrected chi connectivity index (χ3v) is 4.08. The van der Waals surface area contributed by atoms with Gasteiger partial charge in [-0.3, -0.25) is 4.79 Å². The van der Waals surface area contributed by atoms with Crippen LogP contribution in [-0.2, 0) is 16.0 Å². The van der Waals surface area contributed by atoms with Crippen molar-refractivity contribution in [3.63, 3.8) is 0 Å². The Morgan fingerprint density at radius 3 is 3.21 bits per heavy atom. The lowest BCUT2D eigenvalue weighted by molar-refractivity contribution is -0.141. The maximum atomic E-state index is 11.2. The van der Waals surface area contributed by atoms with Crippen LogP contribution in [0.5, 0.6) is 0 Å². The van der Waals surface area contributed by atoms with Gasteiger partial charge in [-0.1, -0.05) is 5.16 Å². The fourth-order valence-electron chi connectivity index (χ4n) is 2.78. The van der Waals surface area contributed by atoms with Crippen molar-refractivity contribution in [2.75, 3.05) is 31.7 Å². The first-order valence-corrected chi connectivity index (χ1v) is 7.93. The second-order valence-corrected chi connectivity index (χ2v) is 5.78. The molecule has 0 radical (unpaired) electrons. The Balaban J connectivity index is 1.76. The summed E-state index contributed by atoms with van der Waals surface area (Å²) in [7, 11) is 1.62. The zero-order chi connectivity index (χ0) is 16.9. The van der Waals surface area contributed by atoms with Gasteiger partial charge in [-0.2, -0.15) is 4.98 Å². The number of pyridine rings is 1. The first-order valence-electron chi connectivity index (χ1n) is 7.93. The molecule has 8 heteroatoms. The monoisotopic (exact) mass is 332 g/mol. The van der Waals surface area contributed by atoms with E-state index in [1.807, 2.05) is 11.0 Å². The van der Waals surface area contributed by atoms with Crippen molar-refractivity contribution in [3.05, 3.63) is 24.2 Å². The molecule has 1 aliphatic heterocycles. The summed E-state index contributed by atoms with van der Waals surface area (Å²) in [6, 6.07) is 3.66. The van der Waals surface area contributed by atoms with E-state index in [-0.39, 0.29) is 5.92 Å². The first-order chi connectivity index (χ1) is 11.7. The van der Waals surface area contributed by atoms with Crippen molar-refractivity contribution in [1.29, 1.82) is 0 Å². The average Bonchev–Trinajstić information content (AvgIpc) is 3.09. The maximum Gasteiger partial charge on any atom is 0.308 e. The van der Waals surface area contributed by atoms with Crippen molar-refractivity contribution in [3.8, 4) is 11.5 Å². The van der Waals surface area contributed by atoms with Gasteiger partial charge in [0.05, 0.1) is 12.5 Å². The highest BCUT2D eigenvalue weighted by atomic mass is 16.5. The van der Waals surface area contributed by atoms with E-state index in [9.17, 15) is 9.90 Å². The number of carboxylic acids is 1. The molecule has 0 aliphatic carbocycles. The molecule has 1 N–H and O–H groups in total. The minimum atomic E-state index is -0.754. The number of anilines is 1. The van der Waals surface area contributed by atoms with Gasteiger partial charge < -0.3 is 19.3 Å². The summed E-state index contributed by atoms with van der Waals surface area (Å²) < 4.78 is 10.3. The summed E-state index contributed by atoms with van der Waals surface area (Å²) in [4.78, 5) is 21.9. The van der Waals surface area contributed by atoms with Crippen molar-refractivity contribution < 1.29 is 19.2 Å². The van der Waals surface area contributed by atoms with Crippen LogP contribution in [0.2, 0.25) is 0 Å². The van der Waals surface area contributed by atoms with Gasteiger partial charge in [0.1, 0.15) is 5.82 Å². The van der Waals surface area contributed by atoms with Gasteiger partial charge in [-0.25, -0.2) is 4.98 Å². The number of methoxy groups -OCH3 is 1. The quantitative estimate of drug-likeness (QED) is 0.851. The minimum absolute atomic E-state index is 0.353. The van der Waals surface area contributed by atoms with E-state index >= 15 is 0 Å². The number of rotatable bonds is 6. The molecule has 0 bridgehead atoms. The van der Waals surface area contributed by atoms with Crippen LogP contribution in [0, 0.1) is 5.92 Å². The molecule has 1 unspecified atom stereocenters. The van der Waals surface area contributed by atoms with Crippen molar-refractivity contribution in [2.24, 2.45) is 5.92 Å². The molecule has 1 aliphatic rings. The number of ether oxygens (including phenoxy) is 1. The van der Waals surface area contributed by atoms with Crippen LogP contribution < -0.4 is 4.90 Å². The highest BCUT2D eigenvalue weighted by molar-refractivity contribution is 5.71. The fourth-order valence-corrected chi connectivity index (χ4v) is 2.78.